The van der Waals surface area contributed by atoms with Crippen molar-refractivity contribution in [1.29, 1.82) is 0 Å². The number of halogens is 1. The molecule has 5 heterocycles. The molecule has 2 aliphatic rings. The summed E-state index contributed by atoms with van der Waals surface area (Å²) in [7, 11) is 0. The van der Waals surface area contributed by atoms with Crippen molar-refractivity contribution < 1.29 is 13.9 Å². The van der Waals surface area contributed by atoms with E-state index in [-0.39, 0.29) is 11.9 Å². The summed E-state index contributed by atoms with van der Waals surface area (Å²) < 4.78 is 29.7. The van der Waals surface area contributed by atoms with Gasteiger partial charge in [0.05, 0.1) is 16.9 Å². The average Bonchev–Trinajstić information content (AvgIpc) is 3.38. The molecule has 10 nitrogen and oxygen atoms in total. The highest BCUT2D eigenvalue weighted by atomic mass is 19.1. The zero-order valence-electron chi connectivity index (χ0n) is 20.0. The van der Waals surface area contributed by atoms with E-state index in [0.29, 0.717) is 58.5 Å². The van der Waals surface area contributed by atoms with Crippen LogP contribution in [-0.4, -0.2) is 56.8 Å². The maximum absolute atomic E-state index is 16.1. The molecule has 3 aromatic heterocycles. The van der Waals surface area contributed by atoms with Crippen LogP contribution in [0.25, 0.3) is 16.6 Å². The summed E-state index contributed by atoms with van der Waals surface area (Å²) >= 11 is 0. The lowest BCUT2D eigenvalue weighted by Gasteiger charge is -2.42. The van der Waals surface area contributed by atoms with Crippen LogP contribution in [0.2, 0.25) is 0 Å². The van der Waals surface area contributed by atoms with Crippen LogP contribution < -0.4 is 25.0 Å². The van der Waals surface area contributed by atoms with Crippen LogP contribution in [0.5, 0.6) is 17.2 Å². The van der Waals surface area contributed by atoms with E-state index in [1.54, 1.807) is 16.8 Å². The third kappa shape index (κ3) is 3.75. The van der Waals surface area contributed by atoms with Crippen molar-refractivity contribution in [1.82, 2.24) is 29.9 Å². The Morgan fingerprint density at radius 3 is 3.00 bits per heavy atom. The summed E-state index contributed by atoms with van der Waals surface area (Å²) in [5, 5.41) is 11.1. The fraction of sp³-hybridized carbons (Fsp3) is 0.231. The molecule has 0 radical (unpaired) electrons. The van der Waals surface area contributed by atoms with Crippen molar-refractivity contribution >= 4 is 33.7 Å². The van der Waals surface area contributed by atoms with E-state index in [4.69, 9.17) is 9.47 Å². The molecule has 0 amide bonds. The van der Waals surface area contributed by atoms with Gasteiger partial charge >= 0.3 is 0 Å². The van der Waals surface area contributed by atoms with Gasteiger partial charge in [-0.3, -0.25) is 0 Å². The fourth-order valence-corrected chi connectivity index (χ4v) is 4.97. The molecule has 11 heteroatoms. The molecule has 0 saturated carbocycles. The summed E-state index contributed by atoms with van der Waals surface area (Å²) in [6.07, 6.45) is 4.72. The number of rotatable bonds is 4. The Hall–Kier alpha value is -4.51. The van der Waals surface area contributed by atoms with Gasteiger partial charge in [0, 0.05) is 43.7 Å². The lowest BCUT2D eigenvalue weighted by atomic mass is 10.1. The molecule has 2 aromatic carbocycles. The second-order valence-corrected chi connectivity index (χ2v) is 9.15. The molecule has 0 unspecified atom stereocenters. The fourth-order valence-electron chi connectivity index (χ4n) is 4.97. The number of pyridine rings is 1. The van der Waals surface area contributed by atoms with Gasteiger partial charge in [-0.05, 0) is 36.8 Å². The number of aromatic nitrogens is 5. The predicted octanol–water partition coefficient (Wildman–Crippen LogP) is 3.83. The SMILES string of the molecule is Cc1cc(Nc2ncnc3cc4c(c(F)c23)N2CCNC[C@H]2CO4)ccc1Oc1ccn2ncnc2c1. The Morgan fingerprint density at radius 1 is 1.14 bits per heavy atom. The second-order valence-electron chi connectivity index (χ2n) is 9.15. The lowest BCUT2D eigenvalue weighted by molar-refractivity contribution is 0.245. The van der Waals surface area contributed by atoms with Gasteiger partial charge in [0.1, 0.15) is 48.0 Å². The molecule has 0 aliphatic carbocycles. The van der Waals surface area contributed by atoms with Crippen molar-refractivity contribution in [2.24, 2.45) is 0 Å². The van der Waals surface area contributed by atoms with E-state index >= 15 is 4.39 Å². The van der Waals surface area contributed by atoms with Crippen LogP contribution in [0.4, 0.5) is 21.6 Å². The van der Waals surface area contributed by atoms with Crippen LogP contribution >= 0.6 is 0 Å². The van der Waals surface area contributed by atoms with Crippen molar-refractivity contribution in [3.05, 3.63) is 66.6 Å². The Labute approximate surface area is 211 Å². The number of piperazine rings is 1. The molecule has 0 spiro atoms. The number of nitrogens with one attached hydrogen (secondary N) is 2. The smallest absolute Gasteiger partial charge is 0.163 e. The Balaban J connectivity index is 1.21. The summed E-state index contributed by atoms with van der Waals surface area (Å²) in [5.41, 5.74) is 3.33. The summed E-state index contributed by atoms with van der Waals surface area (Å²) in [6.45, 7) is 4.73. The van der Waals surface area contributed by atoms with Gasteiger partial charge in [0.15, 0.2) is 11.5 Å². The van der Waals surface area contributed by atoms with Crippen molar-refractivity contribution in [3.63, 3.8) is 0 Å². The van der Waals surface area contributed by atoms with Gasteiger partial charge in [-0.1, -0.05) is 0 Å². The molecular weight excluding hydrogens is 475 g/mol. The Bertz CT molecular complexity index is 1660. The molecule has 37 heavy (non-hydrogen) atoms. The summed E-state index contributed by atoms with van der Waals surface area (Å²) in [4.78, 5) is 15.0. The van der Waals surface area contributed by atoms with Crippen LogP contribution in [0.15, 0.2) is 55.2 Å². The molecule has 1 fully saturated rings. The molecule has 2 N–H and O–H groups in total. The Morgan fingerprint density at radius 2 is 2.08 bits per heavy atom. The number of benzene rings is 2. The number of ether oxygens (including phenoxy) is 2. The van der Waals surface area contributed by atoms with Gasteiger partial charge in [0.25, 0.3) is 0 Å². The van der Waals surface area contributed by atoms with Gasteiger partial charge in [-0.15, -0.1) is 0 Å². The zero-order chi connectivity index (χ0) is 24.9. The highest BCUT2D eigenvalue weighted by molar-refractivity contribution is 5.96. The first kappa shape index (κ1) is 21.7. The number of hydrogen-bond acceptors (Lipinski definition) is 9. The van der Waals surface area contributed by atoms with E-state index in [0.717, 1.165) is 24.3 Å². The third-order valence-corrected chi connectivity index (χ3v) is 6.79. The normalized spacial score (nSPS) is 16.8. The molecule has 2 aliphatic heterocycles. The number of fused-ring (bicyclic) bond motifs is 5. The first-order chi connectivity index (χ1) is 18.1. The van der Waals surface area contributed by atoms with Crippen LogP contribution in [-0.2, 0) is 0 Å². The van der Waals surface area contributed by atoms with Crippen molar-refractivity contribution in [2.75, 3.05) is 36.5 Å². The van der Waals surface area contributed by atoms with Gasteiger partial charge in [0.2, 0.25) is 0 Å². The summed E-state index contributed by atoms with van der Waals surface area (Å²) in [5.74, 6) is 1.90. The third-order valence-electron chi connectivity index (χ3n) is 6.79. The minimum absolute atomic E-state index is 0.0925. The maximum atomic E-state index is 16.1. The Kier molecular flexibility index (Phi) is 5.03. The van der Waals surface area contributed by atoms with Crippen molar-refractivity contribution in [2.45, 2.75) is 13.0 Å². The monoisotopic (exact) mass is 498 g/mol. The first-order valence-electron chi connectivity index (χ1n) is 12.1. The van der Waals surface area contributed by atoms with Crippen molar-refractivity contribution in [3.8, 4) is 17.2 Å². The highest BCUT2D eigenvalue weighted by Crippen LogP contribution is 2.42. The van der Waals surface area contributed by atoms with Gasteiger partial charge in [-0.2, -0.15) is 5.10 Å². The lowest BCUT2D eigenvalue weighted by Crippen LogP contribution is -2.56. The van der Waals surface area contributed by atoms with E-state index in [9.17, 15) is 0 Å². The number of nitrogens with zero attached hydrogens (tertiary/aromatic N) is 6. The first-order valence-corrected chi connectivity index (χ1v) is 12.1. The number of aryl methyl sites for hydroxylation is 1. The van der Waals surface area contributed by atoms with Gasteiger partial charge < -0.3 is 25.0 Å². The topological polar surface area (TPSA) is 102 Å². The second kappa shape index (κ2) is 8.56. The van der Waals surface area contributed by atoms with E-state index in [1.807, 2.05) is 37.3 Å². The molecule has 5 aromatic rings. The van der Waals surface area contributed by atoms with E-state index < -0.39 is 0 Å². The maximum Gasteiger partial charge on any atom is 0.163 e. The summed E-state index contributed by atoms with van der Waals surface area (Å²) in [6, 6.07) is 11.2. The largest absolute Gasteiger partial charge is 0.489 e. The molecule has 186 valence electrons. The number of anilines is 3. The van der Waals surface area contributed by atoms with Gasteiger partial charge in [-0.25, -0.2) is 23.9 Å². The van der Waals surface area contributed by atoms with Crippen LogP contribution in [0, 0.1) is 12.7 Å². The average molecular weight is 499 g/mol. The van der Waals surface area contributed by atoms with Crippen LogP contribution in [0.3, 0.4) is 0 Å². The highest BCUT2D eigenvalue weighted by Gasteiger charge is 2.34. The number of hydrogen-bond donors (Lipinski definition) is 2. The molecular formula is C26H23FN8O2. The standard InChI is InChI=1S/C26H23FN8O2/c1-15-8-16(2-3-20(15)37-18-4-6-35-22(9-18)30-14-32-35)33-26-23-19(29-13-31-26)10-21-25(24(23)27)34-7-5-28-11-17(34)12-36-21/h2-4,6,8-10,13-14,17,28H,5,7,11-12H2,1H3,(H,29,31,33)/t17-/m0/s1. The molecule has 0 bridgehead atoms. The van der Waals surface area contributed by atoms with Crippen LogP contribution in [0.1, 0.15) is 5.56 Å². The minimum atomic E-state index is -0.372. The molecule has 1 atom stereocenters. The predicted molar refractivity (Wildman–Crippen MR) is 137 cm³/mol. The zero-order valence-corrected chi connectivity index (χ0v) is 20.0. The molecule has 7 rings (SSSR count). The van der Waals surface area contributed by atoms with E-state index in [1.165, 1.54) is 12.7 Å². The minimum Gasteiger partial charge on any atom is -0.489 e. The molecule has 1 saturated heterocycles. The van der Waals surface area contributed by atoms with E-state index in [2.05, 4.69) is 35.6 Å². The quantitative estimate of drug-likeness (QED) is 0.383.